The highest BCUT2D eigenvalue weighted by Crippen LogP contribution is 2.28. The highest BCUT2D eigenvalue weighted by Gasteiger charge is 2.47. The van der Waals surface area contributed by atoms with Gasteiger partial charge in [0.25, 0.3) is 0 Å². The van der Waals surface area contributed by atoms with Crippen molar-refractivity contribution >= 4 is 106 Å². The molecule has 2 unspecified atom stereocenters. The monoisotopic (exact) mass is 1220 g/mol. The van der Waals surface area contributed by atoms with Crippen molar-refractivity contribution < 1.29 is 60.5 Å². The predicted molar refractivity (Wildman–Crippen MR) is 345 cm³/mol. The minimum Gasteiger partial charge on any atom is -0.462 e. The maximum atomic E-state index is 11.7. The SMILES string of the molecule is C.C=C(C)C(=O)OCCC[Si](C)(C)O.C=C(C)C(=O)OCCC[Si](C)(C)O[Si](C)(C)O[Si](C)(O[Si](C)(C)CCCOC(=O)C(=C)C)c1ccccc1.CP=S.C[Si]1(C)CCCCO1.C[Si]1(c2ccccc2)CCCCO1.[2H][2H].[2H][2H]. The molecule has 438 valence electrons. The number of ether oxygens (including phenoxy) is 3. The summed E-state index contributed by atoms with van der Waals surface area (Å²) in [4.78, 5) is 43.7. The summed E-state index contributed by atoms with van der Waals surface area (Å²) < 4.78 is 67.7. The lowest BCUT2D eigenvalue weighted by Crippen LogP contribution is -2.63. The molecule has 2 aromatic rings. The lowest BCUT2D eigenvalue weighted by Gasteiger charge is -2.42. The van der Waals surface area contributed by atoms with Crippen molar-refractivity contribution in [2.75, 3.05) is 39.7 Å². The van der Waals surface area contributed by atoms with Gasteiger partial charge in [0.05, 0.1) is 19.8 Å². The number of hydrogen-bond donors (Lipinski definition) is 1. The quantitative estimate of drug-likeness (QED) is 0.0282. The highest BCUT2D eigenvalue weighted by atomic mass is 32.4. The maximum absolute atomic E-state index is 11.7. The fourth-order valence-corrected chi connectivity index (χ4v) is 32.9. The Morgan fingerprint density at radius 1 is 0.632 bits per heavy atom. The zero-order valence-electron chi connectivity index (χ0n) is 53.2. The Kier molecular flexibility index (Phi) is 35.7. The molecular formula is C55H107O12PSSi7. The summed E-state index contributed by atoms with van der Waals surface area (Å²) in [5.74, 6) is -1.06. The van der Waals surface area contributed by atoms with Crippen molar-refractivity contribution in [1.29, 1.82) is 0 Å². The van der Waals surface area contributed by atoms with Crippen molar-refractivity contribution in [1.82, 2.24) is 0 Å². The smallest absolute Gasteiger partial charge is 0.350 e. The van der Waals surface area contributed by atoms with Crippen LogP contribution in [0.2, 0.25) is 109 Å². The van der Waals surface area contributed by atoms with Crippen LogP contribution >= 0.6 is 7.36 Å². The summed E-state index contributed by atoms with van der Waals surface area (Å²) in [6.45, 7) is 46.3. The zero-order valence-corrected chi connectivity index (χ0v) is 57.9. The van der Waals surface area contributed by atoms with Gasteiger partial charge >= 0.3 is 35.0 Å². The van der Waals surface area contributed by atoms with Crippen LogP contribution in [0.5, 0.6) is 0 Å². The minimum absolute atomic E-state index is 0. The van der Waals surface area contributed by atoms with E-state index in [1.54, 1.807) is 20.8 Å². The van der Waals surface area contributed by atoms with Gasteiger partial charge in [0.1, 0.15) is 0 Å². The van der Waals surface area contributed by atoms with Crippen LogP contribution in [0.15, 0.2) is 97.1 Å². The van der Waals surface area contributed by atoms with Gasteiger partial charge in [-0.3, -0.25) is 0 Å². The Hall–Kier alpha value is -2.13. The molecule has 76 heavy (non-hydrogen) atoms. The molecular weight excluding hydrogens is 1110 g/mol. The normalized spacial score (nSPS) is 17.2. The van der Waals surface area contributed by atoms with E-state index in [1.807, 2.05) is 38.0 Å². The van der Waals surface area contributed by atoms with E-state index >= 15 is 0 Å². The Labute approximate surface area is 482 Å². The van der Waals surface area contributed by atoms with E-state index in [0.29, 0.717) is 36.5 Å². The van der Waals surface area contributed by atoms with Crippen LogP contribution in [0.25, 0.3) is 0 Å². The molecule has 0 spiro atoms. The third kappa shape index (κ3) is 36.2. The topological polar surface area (TPSA) is 145 Å². The van der Waals surface area contributed by atoms with Gasteiger partial charge in [-0.15, -0.1) is 0 Å². The molecule has 0 radical (unpaired) electrons. The molecule has 4 rings (SSSR count). The summed E-state index contributed by atoms with van der Waals surface area (Å²) in [6, 6.07) is 26.0. The number of benzene rings is 2. The van der Waals surface area contributed by atoms with E-state index < -0.39 is 58.7 Å². The predicted octanol–water partition coefficient (Wildman–Crippen LogP) is 14.3. The number of rotatable bonds is 23. The number of hydrogen-bond acceptors (Lipinski definition) is 13. The molecule has 21 heteroatoms. The number of esters is 3. The van der Waals surface area contributed by atoms with Crippen LogP contribution in [0.1, 0.15) is 79.1 Å². The second-order valence-corrected chi connectivity index (χ2v) is 52.0. The first-order chi connectivity index (χ1) is 36.6. The second kappa shape index (κ2) is 37.7. The average molecular weight is 1220 g/mol. The summed E-state index contributed by atoms with van der Waals surface area (Å²) in [7, 11) is -13.3. The maximum Gasteiger partial charge on any atom is 0.350 e. The van der Waals surface area contributed by atoms with Crippen LogP contribution in [-0.4, -0.2) is 121 Å². The summed E-state index contributed by atoms with van der Waals surface area (Å²) in [5, 5.41) is 2.53. The fourth-order valence-electron chi connectivity index (χ4n) is 8.05. The standard InChI is InChI=1S/C27H48O7Si4.C11H16OSi.C9H18O3Si.C6H14OSi.CH3PS.CH4.2H2/c1-23(2)26(28)30-19-15-21-35(5,6)32-37(9,10)34-38(11,25-17-13-12-14-18-25)33-36(7,8)22-16-20-31-27(29)24(3)4;1-13(10-6-5-9-12-13)11-7-3-2-4-8-11;1-8(2)9(10)12-6-5-7-13(3,4)11;1-8(2)6-4-3-5-7-8;1-2-3;;;/h12-14,17-18H,1,3,15-16,19-22H2,2,4-11H3;2-4,7-8H,5-6,9-10H2,1H3;11H,1,5-7H2,2-4H3;3-6H2,1-2H3;1H3;1H4;2*1H/i;;;;;;2*1+1D. The molecule has 0 saturated carbocycles. The van der Waals surface area contributed by atoms with E-state index in [4.69, 9.17) is 41.3 Å². The Balaban J connectivity index is -0.000000553. The number of carbonyl (C=O) groups excluding carboxylic acids is 3. The highest BCUT2D eigenvalue weighted by molar-refractivity contribution is 7.96. The van der Waals surface area contributed by atoms with Crippen molar-refractivity contribution in [3.8, 4) is 0 Å². The number of carbonyl (C=O) groups is 3. The van der Waals surface area contributed by atoms with Gasteiger partial charge in [-0.1, -0.05) is 112 Å². The first-order valence-corrected chi connectivity index (χ1v) is 49.2. The molecule has 0 amide bonds. The Morgan fingerprint density at radius 2 is 1.01 bits per heavy atom. The van der Waals surface area contributed by atoms with Gasteiger partial charge < -0.3 is 40.2 Å². The van der Waals surface area contributed by atoms with Crippen LogP contribution in [-0.2, 0) is 61.6 Å². The van der Waals surface area contributed by atoms with E-state index in [0.717, 1.165) is 63.2 Å². The van der Waals surface area contributed by atoms with Crippen LogP contribution in [0.3, 0.4) is 0 Å². The molecule has 2 aliphatic rings. The van der Waals surface area contributed by atoms with Gasteiger partial charge in [-0.05, 0) is 186 Å². The van der Waals surface area contributed by atoms with Gasteiger partial charge in [-0.25, -0.2) is 14.4 Å². The third-order valence-corrected chi connectivity index (χ3v) is 35.6. The molecule has 0 bridgehead atoms. The average Bonchev–Trinajstić information content (AvgIpc) is 3.37. The molecule has 1 N–H and O–H groups in total. The lowest BCUT2D eigenvalue weighted by molar-refractivity contribution is -0.139. The van der Waals surface area contributed by atoms with Crippen LogP contribution < -0.4 is 10.4 Å². The molecule has 2 fully saturated rings. The van der Waals surface area contributed by atoms with Crippen molar-refractivity contribution in [2.45, 2.75) is 182 Å². The summed E-state index contributed by atoms with van der Waals surface area (Å²) >= 11 is 4.37. The Bertz CT molecular complexity index is 2050. The van der Waals surface area contributed by atoms with Crippen LogP contribution in [0.4, 0.5) is 0 Å². The molecule has 2 aromatic carbocycles. The largest absolute Gasteiger partial charge is 0.462 e. The molecule has 2 aliphatic heterocycles. The fraction of sp³-hybridized carbons (Fsp3) is 0.618. The molecule has 0 aliphatic carbocycles. The van der Waals surface area contributed by atoms with Gasteiger partial charge in [0, 0.05) is 35.9 Å². The van der Waals surface area contributed by atoms with E-state index in [2.05, 4.69) is 139 Å². The van der Waals surface area contributed by atoms with Gasteiger partial charge in [-0.2, -0.15) is 0 Å². The van der Waals surface area contributed by atoms with Gasteiger partial charge in [0.15, 0.2) is 33.3 Å². The second-order valence-electron chi connectivity index (χ2n) is 22.6. The molecule has 2 heterocycles. The van der Waals surface area contributed by atoms with E-state index in [1.165, 1.54) is 43.0 Å². The minimum atomic E-state index is -2.84. The van der Waals surface area contributed by atoms with E-state index in [9.17, 15) is 19.2 Å². The summed E-state index contributed by atoms with van der Waals surface area (Å²) in [5.41, 5.74) is 1.23. The lowest BCUT2D eigenvalue weighted by atomic mass is 10.3. The van der Waals surface area contributed by atoms with E-state index in [-0.39, 0.29) is 25.3 Å². The molecule has 12 nitrogen and oxygen atoms in total. The van der Waals surface area contributed by atoms with Crippen LogP contribution in [0, 0.1) is 0 Å². The zero-order chi connectivity index (χ0) is 61.6. The molecule has 0 aromatic heterocycles. The first kappa shape index (κ1) is 71.9. The van der Waals surface area contributed by atoms with Gasteiger partial charge in [0.2, 0.25) is 8.32 Å². The van der Waals surface area contributed by atoms with Crippen molar-refractivity contribution in [2.24, 2.45) is 0 Å². The van der Waals surface area contributed by atoms with Crippen molar-refractivity contribution in [3.63, 3.8) is 0 Å². The van der Waals surface area contributed by atoms with Crippen molar-refractivity contribution in [3.05, 3.63) is 97.1 Å². The first-order valence-electron chi connectivity index (χ1n) is 28.6. The Morgan fingerprint density at radius 3 is 1.36 bits per heavy atom. The molecule has 2 saturated heterocycles. The summed E-state index contributed by atoms with van der Waals surface area (Å²) in [6.07, 6.45) is 7.48. The third-order valence-electron chi connectivity index (χ3n) is 11.8. The molecule has 2 atom stereocenters.